The van der Waals surface area contributed by atoms with Crippen LogP contribution in [0.2, 0.25) is 0 Å². The van der Waals surface area contributed by atoms with Crippen molar-refractivity contribution in [2.24, 2.45) is 0 Å². The highest BCUT2D eigenvalue weighted by atomic mass is 16.7. The van der Waals surface area contributed by atoms with Gasteiger partial charge in [0.05, 0.1) is 0 Å². The lowest BCUT2D eigenvalue weighted by Gasteiger charge is -2.02. The lowest BCUT2D eigenvalue weighted by atomic mass is 10.0. The number of carbonyl (C=O) groups is 1. The number of fused-ring (bicyclic) bond motifs is 1. The van der Waals surface area contributed by atoms with E-state index < -0.39 is 5.97 Å². The summed E-state index contributed by atoms with van der Waals surface area (Å²) >= 11 is 0. The highest BCUT2D eigenvalue weighted by Gasteiger charge is 2.12. The number of ether oxygens (including phenoxy) is 2. The molecule has 116 valence electrons. The second kappa shape index (κ2) is 6.83. The van der Waals surface area contributed by atoms with E-state index in [4.69, 9.17) is 14.6 Å². The van der Waals surface area contributed by atoms with Crippen molar-refractivity contribution in [3.05, 3.63) is 71.3 Å². The second-order valence-corrected chi connectivity index (χ2v) is 5.09. The van der Waals surface area contributed by atoms with Crippen molar-refractivity contribution >= 4 is 18.1 Å². The minimum Gasteiger partial charge on any atom is -0.478 e. The molecule has 0 unspecified atom stereocenters. The van der Waals surface area contributed by atoms with Crippen LogP contribution in [0.25, 0.3) is 12.2 Å². The van der Waals surface area contributed by atoms with Crippen LogP contribution in [-0.4, -0.2) is 17.9 Å². The summed E-state index contributed by atoms with van der Waals surface area (Å²) in [7, 11) is 0. The van der Waals surface area contributed by atoms with Crippen molar-refractivity contribution in [2.45, 2.75) is 6.42 Å². The fourth-order valence-corrected chi connectivity index (χ4v) is 2.38. The van der Waals surface area contributed by atoms with Gasteiger partial charge in [0.25, 0.3) is 0 Å². The maximum absolute atomic E-state index is 10.7. The van der Waals surface area contributed by atoms with E-state index in [-0.39, 0.29) is 6.79 Å². The fourth-order valence-electron chi connectivity index (χ4n) is 2.38. The van der Waals surface area contributed by atoms with Gasteiger partial charge in [-0.3, -0.25) is 0 Å². The summed E-state index contributed by atoms with van der Waals surface area (Å²) in [5.41, 5.74) is 3.01. The van der Waals surface area contributed by atoms with Crippen LogP contribution < -0.4 is 9.47 Å². The fraction of sp³-hybridized carbons (Fsp3) is 0.105. The molecule has 1 aliphatic heterocycles. The molecular weight excluding hydrogens is 292 g/mol. The molecule has 0 bridgehead atoms. The molecular formula is C19H16O4. The molecule has 1 aliphatic rings. The highest BCUT2D eigenvalue weighted by Crippen LogP contribution is 2.32. The van der Waals surface area contributed by atoms with E-state index in [9.17, 15) is 4.79 Å². The van der Waals surface area contributed by atoms with Gasteiger partial charge in [-0.05, 0) is 41.3 Å². The second-order valence-electron chi connectivity index (χ2n) is 5.09. The van der Waals surface area contributed by atoms with E-state index in [1.807, 2.05) is 54.6 Å². The Hall–Kier alpha value is -3.01. The summed E-state index contributed by atoms with van der Waals surface area (Å²) in [5, 5.41) is 8.74. The molecule has 1 heterocycles. The predicted octanol–water partition coefficient (Wildman–Crippen LogP) is 3.77. The summed E-state index contributed by atoms with van der Waals surface area (Å²) in [6.07, 6.45) is 7.55. The first-order valence-electron chi connectivity index (χ1n) is 7.27. The Bertz CT molecular complexity index is 775. The van der Waals surface area contributed by atoms with Crippen LogP contribution in [0.1, 0.15) is 16.7 Å². The molecule has 2 aromatic carbocycles. The van der Waals surface area contributed by atoms with Crippen molar-refractivity contribution in [1.82, 2.24) is 0 Å². The average molecular weight is 308 g/mol. The molecule has 0 saturated carbocycles. The number of benzene rings is 2. The summed E-state index contributed by atoms with van der Waals surface area (Å²) in [5.74, 6) is 0.582. The maximum Gasteiger partial charge on any atom is 0.328 e. The monoisotopic (exact) mass is 308 g/mol. The Labute approximate surface area is 134 Å². The van der Waals surface area contributed by atoms with Gasteiger partial charge >= 0.3 is 5.97 Å². The Morgan fingerprint density at radius 2 is 1.91 bits per heavy atom. The van der Waals surface area contributed by atoms with Crippen molar-refractivity contribution in [3.8, 4) is 11.5 Å². The van der Waals surface area contributed by atoms with Crippen molar-refractivity contribution < 1.29 is 19.4 Å². The van der Waals surface area contributed by atoms with Gasteiger partial charge in [0.1, 0.15) is 0 Å². The standard InChI is InChI=1S/C19H16O4/c20-19(21)11-9-16-6-2-1-5-15(16)7-3-4-14-8-10-17-18(12-14)23-13-22-17/h1-6,8-12H,7,13H2,(H,20,21)/b4-3+,11-9+. The third-order valence-corrected chi connectivity index (χ3v) is 3.51. The van der Waals surface area contributed by atoms with Crippen molar-refractivity contribution in [2.75, 3.05) is 6.79 Å². The molecule has 0 aromatic heterocycles. The lowest BCUT2D eigenvalue weighted by Crippen LogP contribution is -1.92. The molecule has 0 spiro atoms. The largest absolute Gasteiger partial charge is 0.478 e. The summed E-state index contributed by atoms with van der Waals surface area (Å²) in [6.45, 7) is 0.270. The van der Waals surface area contributed by atoms with E-state index in [0.717, 1.165) is 34.3 Å². The molecule has 1 N–H and O–H groups in total. The zero-order chi connectivity index (χ0) is 16.1. The molecule has 0 atom stereocenters. The topological polar surface area (TPSA) is 55.8 Å². The van der Waals surface area contributed by atoms with Gasteiger partial charge in [-0.25, -0.2) is 4.79 Å². The van der Waals surface area contributed by atoms with Crippen LogP contribution in [-0.2, 0) is 11.2 Å². The minimum absolute atomic E-state index is 0.270. The predicted molar refractivity (Wildman–Crippen MR) is 88.4 cm³/mol. The number of carboxylic acids is 1. The van der Waals surface area contributed by atoms with Gasteiger partial charge < -0.3 is 14.6 Å². The zero-order valence-corrected chi connectivity index (χ0v) is 12.4. The first-order valence-corrected chi connectivity index (χ1v) is 7.27. The summed E-state index contributed by atoms with van der Waals surface area (Å²) < 4.78 is 10.6. The average Bonchev–Trinajstić information content (AvgIpc) is 3.01. The molecule has 0 radical (unpaired) electrons. The van der Waals surface area contributed by atoms with E-state index in [1.165, 1.54) is 0 Å². The Balaban J connectivity index is 1.72. The number of allylic oxidation sites excluding steroid dienone is 1. The first kappa shape index (κ1) is 14.9. The summed E-state index contributed by atoms with van der Waals surface area (Å²) in [4.78, 5) is 10.7. The van der Waals surface area contributed by atoms with Gasteiger partial charge in [-0.1, -0.05) is 42.5 Å². The van der Waals surface area contributed by atoms with Gasteiger partial charge in [0.15, 0.2) is 11.5 Å². The van der Waals surface area contributed by atoms with Crippen LogP contribution in [0.5, 0.6) is 11.5 Å². The Morgan fingerprint density at radius 3 is 2.78 bits per heavy atom. The van der Waals surface area contributed by atoms with Crippen molar-refractivity contribution in [3.63, 3.8) is 0 Å². The number of aliphatic carboxylic acids is 1. The molecule has 3 rings (SSSR count). The zero-order valence-electron chi connectivity index (χ0n) is 12.4. The molecule has 23 heavy (non-hydrogen) atoms. The van der Waals surface area contributed by atoms with E-state index in [2.05, 4.69) is 0 Å². The van der Waals surface area contributed by atoms with E-state index >= 15 is 0 Å². The number of hydrogen-bond acceptors (Lipinski definition) is 3. The lowest BCUT2D eigenvalue weighted by molar-refractivity contribution is -0.131. The van der Waals surface area contributed by atoms with Crippen LogP contribution in [0.3, 0.4) is 0 Å². The quantitative estimate of drug-likeness (QED) is 0.854. The minimum atomic E-state index is -0.948. The third-order valence-electron chi connectivity index (χ3n) is 3.51. The SMILES string of the molecule is O=C(O)/C=C/c1ccccc1C/C=C/c1ccc2c(c1)OCO2. The van der Waals surface area contributed by atoms with Gasteiger partial charge in [-0.2, -0.15) is 0 Å². The maximum atomic E-state index is 10.7. The van der Waals surface area contributed by atoms with E-state index in [0.29, 0.717) is 6.42 Å². The summed E-state index contributed by atoms with van der Waals surface area (Å²) in [6, 6.07) is 13.5. The van der Waals surface area contributed by atoms with Crippen LogP contribution in [0.15, 0.2) is 54.6 Å². The molecule has 2 aromatic rings. The van der Waals surface area contributed by atoms with Crippen molar-refractivity contribution in [1.29, 1.82) is 0 Å². The van der Waals surface area contributed by atoms with Crippen LogP contribution >= 0.6 is 0 Å². The number of carboxylic acid groups (broad SMARTS) is 1. The van der Waals surface area contributed by atoms with Crippen LogP contribution in [0, 0.1) is 0 Å². The normalized spacial score (nSPS) is 13.0. The van der Waals surface area contributed by atoms with Gasteiger partial charge in [-0.15, -0.1) is 0 Å². The highest BCUT2D eigenvalue weighted by molar-refractivity contribution is 5.85. The molecule has 0 aliphatic carbocycles. The molecule has 0 amide bonds. The molecule has 0 saturated heterocycles. The Kier molecular flexibility index (Phi) is 4.43. The van der Waals surface area contributed by atoms with E-state index in [1.54, 1.807) is 6.08 Å². The number of hydrogen-bond donors (Lipinski definition) is 1. The Morgan fingerprint density at radius 1 is 1.09 bits per heavy atom. The first-order chi connectivity index (χ1) is 11.2. The number of rotatable bonds is 5. The molecule has 4 nitrogen and oxygen atoms in total. The van der Waals surface area contributed by atoms with Crippen LogP contribution in [0.4, 0.5) is 0 Å². The molecule has 0 fully saturated rings. The molecule has 4 heteroatoms. The van der Waals surface area contributed by atoms with Gasteiger partial charge in [0, 0.05) is 6.08 Å². The van der Waals surface area contributed by atoms with Gasteiger partial charge in [0.2, 0.25) is 6.79 Å². The third kappa shape index (κ3) is 3.80. The smallest absolute Gasteiger partial charge is 0.328 e.